The number of nitrogens with one attached hydrogen (secondary N) is 2. The highest BCUT2D eigenvalue weighted by molar-refractivity contribution is 7.87. The molecule has 0 bridgehead atoms. The molecule has 4 aromatic carbocycles. The molecule has 0 saturated heterocycles. The first-order valence-electron chi connectivity index (χ1n) is 11.5. The lowest BCUT2D eigenvalue weighted by molar-refractivity contribution is 0.262. The molecular formula is C27H24N2O7S2. The van der Waals surface area contributed by atoms with Crippen molar-refractivity contribution in [2.45, 2.75) is 23.1 Å². The summed E-state index contributed by atoms with van der Waals surface area (Å²) < 4.78 is 60.6. The predicted molar refractivity (Wildman–Crippen MR) is 143 cm³/mol. The van der Waals surface area contributed by atoms with Gasteiger partial charge in [-0.25, -0.2) is 4.79 Å². The molecule has 11 heteroatoms. The zero-order valence-electron chi connectivity index (χ0n) is 20.2. The van der Waals surface area contributed by atoms with Crippen LogP contribution < -0.4 is 19.0 Å². The Labute approximate surface area is 221 Å². The molecule has 0 aromatic heterocycles. The molecular weight excluding hydrogens is 528 g/mol. The molecule has 2 N–H and O–H groups in total. The lowest BCUT2D eigenvalue weighted by atomic mass is 10.2. The van der Waals surface area contributed by atoms with Crippen molar-refractivity contribution in [3.63, 3.8) is 0 Å². The fraction of sp³-hybridized carbons (Fsp3) is 0.0741. The number of benzene rings is 4. The molecule has 4 aromatic rings. The van der Waals surface area contributed by atoms with Crippen molar-refractivity contribution < 1.29 is 30.0 Å². The highest BCUT2D eigenvalue weighted by atomic mass is 32.2. The summed E-state index contributed by atoms with van der Waals surface area (Å²) in [6, 6.07) is 25.2. The van der Waals surface area contributed by atoms with Crippen molar-refractivity contribution in [3.8, 4) is 11.5 Å². The van der Waals surface area contributed by atoms with Crippen molar-refractivity contribution in [1.82, 2.24) is 0 Å². The van der Waals surface area contributed by atoms with E-state index in [0.717, 1.165) is 12.0 Å². The molecule has 0 radical (unpaired) electrons. The molecule has 0 unspecified atom stereocenters. The van der Waals surface area contributed by atoms with E-state index in [9.17, 15) is 21.6 Å². The van der Waals surface area contributed by atoms with E-state index in [1.165, 1.54) is 60.7 Å². The van der Waals surface area contributed by atoms with Gasteiger partial charge in [-0.05, 0) is 72.6 Å². The normalized spacial score (nSPS) is 11.4. The first kappa shape index (κ1) is 26.7. The number of carbonyl (C=O) groups excluding carboxylic acids is 1. The molecule has 0 heterocycles. The van der Waals surface area contributed by atoms with E-state index in [0.29, 0.717) is 5.69 Å². The Morgan fingerprint density at radius 1 is 0.658 bits per heavy atom. The van der Waals surface area contributed by atoms with Gasteiger partial charge in [0.05, 0.1) is 5.69 Å². The Hall–Kier alpha value is -4.35. The molecule has 0 atom stereocenters. The third-order valence-electron chi connectivity index (χ3n) is 5.31. The molecule has 9 nitrogen and oxygen atoms in total. The second-order valence-electron chi connectivity index (χ2n) is 7.99. The average molecular weight is 553 g/mol. The lowest BCUT2D eigenvalue weighted by Crippen LogP contribution is -2.20. The third-order valence-corrected chi connectivity index (χ3v) is 7.81. The van der Waals surface area contributed by atoms with Crippen molar-refractivity contribution in [2.75, 3.05) is 10.6 Å². The van der Waals surface area contributed by atoms with E-state index >= 15 is 0 Å². The number of para-hydroxylation sites is 2. The summed E-state index contributed by atoms with van der Waals surface area (Å²) in [4.78, 5) is 12.6. The molecule has 0 aliphatic carbocycles. The molecule has 0 aliphatic rings. The van der Waals surface area contributed by atoms with Gasteiger partial charge in [0.25, 0.3) is 0 Å². The summed E-state index contributed by atoms with van der Waals surface area (Å²) in [5, 5.41) is 5.14. The van der Waals surface area contributed by atoms with E-state index in [1.807, 2.05) is 6.92 Å². The summed E-state index contributed by atoms with van der Waals surface area (Å²) >= 11 is 0. The number of carbonyl (C=O) groups is 1. The summed E-state index contributed by atoms with van der Waals surface area (Å²) in [6.45, 7) is 1.97. The minimum atomic E-state index is -4.11. The van der Waals surface area contributed by atoms with Crippen LogP contribution >= 0.6 is 0 Å². The van der Waals surface area contributed by atoms with Crippen LogP contribution in [-0.4, -0.2) is 22.9 Å². The monoisotopic (exact) mass is 552 g/mol. The van der Waals surface area contributed by atoms with Gasteiger partial charge in [-0.1, -0.05) is 49.4 Å². The number of hydrogen-bond donors (Lipinski definition) is 2. The maximum atomic E-state index is 12.6. The second-order valence-corrected chi connectivity index (χ2v) is 11.1. The standard InChI is InChI=1S/C27H24N2O7S2/c1-2-20-12-18-24(19-13-20)37(31,32)35-22-16-14-21(15-17-22)28-27(30)29-25-10-6-7-11-26(25)36-38(33,34)23-8-4-3-5-9-23/h3-19H,2H2,1H3,(H2,28,29,30). The predicted octanol–water partition coefficient (Wildman–Crippen LogP) is 5.43. The van der Waals surface area contributed by atoms with Crippen LogP contribution in [0.5, 0.6) is 11.5 Å². The van der Waals surface area contributed by atoms with Crippen molar-refractivity contribution in [1.29, 1.82) is 0 Å². The minimum Gasteiger partial charge on any atom is -0.379 e. The first-order chi connectivity index (χ1) is 18.2. The summed E-state index contributed by atoms with van der Waals surface area (Å²) in [5.41, 5.74) is 1.48. The molecule has 2 amide bonds. The van der Waals surface area contributed by atoms with Crippen molar-refractivity contribution in [3.05, 3.63) is 109 Å². The van der Waals surface area contributed by atoms with Gasteiger partial charge in [-0.3, -0.25) is 0 Å². The van der Waals surface area contributed by atoms with Gasteiger partial charge >= 0.3 is 26.3 Å². The number of rotatable bonds is 9. The van der Waals surface area contributed by atoms with Gasteiger partial charge in [0, 0.05) is 5.69 Å². The van der Waals surface area contributed by atoms with Crippen LogP contribution in [0.25, 0.3) is 0 Å². The van der Waals surface area contributed by atoms with Crippen LogP contribution in [0.3, 0.4) is 0 Å². The number of amides is 2. The van der Waals surface area contributed by atoms with E-state index in [-0.39, 0.29) is 27.0 Å². The van der Waals surface area contributed by atoms with E-state index < -0.39 is 26.3 Å². The Kier molecular flexibility index (Phi) is 7.99. The second kappa shape index (κ2) is 11.4. The van der Waals surface area contributed by atoms with Crippen molar-refractivity contribution >= 4 is 37.6 Å². The topological polar surface area (TPSA) is 128 Å². The van der Waals surface area contributed by atoms with E-state index in [2.05, 4.69) is 10.6 Å². The molecule has 196 valence electrons. The number of anilines is 2. The largest absolute Gasteiger partial charge is 0.379 e. The SMILES string of the molecule is CCc1ccc(S(=O)(=O)Oc2ccc(NC(=O)Nc3ccccc3OS(=O)(=O)c3ccccc3)cc2)cc1. The van der Waals surface area contributed by atoms with E-state index in [4.69, 9.17) is 8.37 Å². The molecule has 0 saturated carbocycles. The lowest BCUT2D eigenvalue weighted by Gasteiger charge is -2.13. The van der Waals surface area contributed by atoms with Crippen LogP contribution in [0.1, 0.15) is 12.5 Å². The Bertz CT molecular complexity index is 1620. The summed E-state index contributed by atoms with van der Waals surface area (Å²) in [6.07, 6.45) is 0.786. The Morgan fingerprint density at radius 2 is 1.24 bits per heavy atom. The van der Waals surface area contributed by atoms with Crippen LogP contribution in [-0.2, 0) is 26.7 Å². The molecule has 0 spiro atoms. The fourth-order valence-corrected chi connectivity index (χ4v) is 5.24. The van der Waals surface area contributed by atoms with E-state index in [1.54, 1.807) is 42.5 Å². The van der Waals surface area contributed by atoms with Gasteiger partial charge in [-0.2, -0.15) is 16.8 Å². The van der Waals surface area contributed by atoms with Gasteiger partial charge in [0.2, 0.25) is 0 Å². The summed E-state index contributed by atoms with van der Waals surface area (Å²) in [7, 11) is -8.13. The number of hydrogen-bond acceptors (Lipinski definition) is 7. The highest BCUT2D eigenvalue weighted by Crippen LogP contribution is 2.28. The van der Waals surface area contributed by atoms with Crippen LogP contribution in [0.2, 0.25) is 0 Å². The third kappa shape index (κ3) is 6.69. The minimum absolute atomic E-state index is 0.0263. The van der Waals surface area contributed by atoms with Gasteiger partial charge in [0.15, 0.2) is 5.75 Å². The molecule has 38 heavy (non-hydrogen) atoms. The van der Waals surface area contributed by atoms with Gasteiger partial charge < -0.3 is 19.0 Å². The molecule has 0 aliphatic heterocycles. The molecule has 4 rings (SSSR count). The number of urea groups is 1. The first-order valence-corrected chi connectivity index (χ1v) is 14.3. The number of aryl methyl sites for hydroxylation is 1. The van der Waals surface area contributed by atoms with Crippen LogP contribution in [0.15, 0.2) is 113 Å². The van der Waals surface area contributed by atoms with Gasteiger partial charge in [-0.15, -0.1) is 0 Å². The maximum Gasteiger partial charge on any atom is 0.339 e. The zero-order valence-corrected chi connectivity index (χ0v) is 21.8. The fourth-order valence-electron chi connectivity index (χ4n) is 3.34. The zero-order chi connectivity index (χ0) is 27.2. The maximum absolute atomic E-state index is 12.6. The van der Waals surface area contributed by atoms with Crippen LogP contribution in [0, 0.1) is 0 Å². The Morgan fingerprint density at radius 3 is 1.89 bits per heavy atom. The quantitative estimate of drug-likeness (QED) is 0.265. The van der Waals surface area contributed by atoms with Gasteiger partial charge in [0.1, 0.15) is 15.5 Å². The average Bonchev–Trinajstić information content (AvgIpc) is 2.91. The summed E-state index contributed by atoms with van der Waals surface area (Å²) in [5.74, 6) is 0.00724. The highest BCUT2D eigenvalue weighted by Gasteiger charge is 2.19. The van der Waals surface area contributed by atoms with Crippen LogP contribution in [0.4, 0.5) is 16.2 Å². The van der Waals surface area contributed by atoms with Crippen molar-refractivity contribution in [2.24, 2.45) is 0 Å². The smallest absolute Gasteiger partial charge is 0.339 e. The molecule has 0 fully saturated rings. The Balaban J connectivity index is 1.40.